The number of rotatable bonds is 3. The summed E-state index contributed by atoms with van der Waals surface area (Å²) >= 11 is 3.55. The highest BCUT2D eigenvalue weighted by Gasteiger charge is 2.13. The van der Waals surface area contributed by atoms with Gasteiger partial charge in [-0.1, -0.05) is 53.2 Å². The molecule has 2 atom stereocenters. The van der Waals surface area contributed by atoms with Crippen molar-refractivity contribution in [2.45, 2.75) is 11.8 Å². The molecule has 0 radical (unpaired) electrons. The summed E-state index contributed by atoms with van der Waals surface area (Å²) in [7, 11) is 0. The molecule has 0 spiro atoms. The summed E-state index contributed by atoms with van der Waals surface area (Å²) in [6.45, 7) is 2.23. The average molecular weight is 229 g/mol. The zero-order valence-corrected chi connectivity index (χ0v) is 8.66. The van der Waals surface area contributed by atoms with Crippen LogP contribution in [0.15, 0.2) is 30.3 Å². The summed E-state index contributed by atoms with van der Waals surface area (Å²) in [6, 6.07) is 10.1. The lowest BCUT2D eigenvalue weighted by Crippen LogP contribution is -2.07. The Morgan fingerprint density at radius 2 is 1.92 bits per heavy atom. The molecule has 2 unspecified atom stereocenters. The van der Waals surface area contributed by atoms with Crippen LogP contribution in [-0.2, 0) is 0 Å². The van der Waals surface area contributed by atoms with Gasteiger partial charge in [-0.2, -0.15) is 0 Å². The quantitative estimate of drug-likeness (QED) is 0.790. The highest BCUT2D eigenvalue weighted by molar-refractivity contribution is 9.09. The van der Waals surface area contributed by atoms with Crippen molar-refractivity contribution in [3.63, 3.8) is 0 Å². The molecule has 1 rings (SSSR count). The first-order valence-corrected chi connectivity index (χ1v) is 4.97. The predicted octanol–water partition coefficient (Wildman–Crippen LogP) is 2.75. The molecular formula is C10H13BrO. The molecule has 0 saturated heterocycles. The van der Waals surface area contributed by atoms with Crippen molar-refractivity contribution in [2.24, 2.45) is 5.92 Å². The fourth-order valence-electron chi connectivity index (χ4n) is 1.06. The minimum absolute atomic E-state index is 0.213. The van der Waals surface area contributed by atoms with Crippen molar-refractivity contribution in [2.75, 3.05) is 6.61 Å². The average Bonchev–Trinajstić information content (AvgIpc) is 2.17. The maximum Gasteiger partial charge on any atom is 0.0470 e. The molecule has 1 N–H and O–H groups in total. The largest absolute Gasteiger partial charge is 0.396 e. The lowest BCUT2D eigenvalue weighted by molar-refractivity contribution is 0.236. The van der Waals surface area contributed by atoms with E-state index < -0.39 is 0 Å². The maximum absolute atomic E-state index is 8.94. The molecule has 0 aliphatic heterocycles. The number of benzene rings is 1. The van der Waals surface area contributed by atoms with Gasteiger partial charge >= 0.3 is 0 Å². The van der Waals surface area contributed by atoms with Crippen LogP contribution in [0.25, 0.3) is 0 Å². The number of halogens is 1. The SMILES string of the molecule is CC(CO)C(Br)c1ccccc1. The van der Waals surface area contributed by atoms with Crippen LogP contribution in [0.2, 0.25) is 0 Å². The molecule has 1 aromatic carbocycles. The molecule has 0 fully saturated rings. The third kappa shape index (κ3) is 2.32. The highest BCUT2D eigenvalue weighted by Crippen LogP contribution is 2.29. The van der Waals surface area contributed by atoms with E-state index in [1.54, 1.807) is 0 Å². The Hall–Kier alpha value is -0.340. The fraction of sp³-hybridized carbons (Fsp3) is 0.400. The van der Waals surface area contributed by atoms with Crippen molar-refractivity contribution in [3.8, 4) is 0 Å². The molecule has 0 amide bonds. The molecular weight excluding hydrogens is 216 g/mol. The Labute approximate surface area is 81.6 Å². The van der Waals surface area contributed by atoms with Crippen molar-refractivity contribution in [1.82, 2.24) is 0 Å². The molecule has 0 aliphatic rings. The monoisotopic (exact) mass is 228 g/mol. The summed E-state index contributed by atoms with van der Waals surface area (Å²) in [5, 5.41) is 8.94. The normalized spacial score (nSPS) is 15.6. The Kier molecular flexibility index (Phi) is 3.76. The smallest absolute Gasteiger partial charge is 0.0470 e. The van der Waals surface area contributed by atoms with Crippen LogP contribution in [0.1, 0.15) is 17.3 Å². The summed E-state index contributed by atoms with van der Waals surface area (Å²) in [6.07, 6.45) is 0. The van der Waals surface area contributed by atoms with Gasteiger partial charge in [-0.15, -0.1) is 0 Å². The van der Waals surface area contributed by atoms with Gasteiger partial charge in [-0.3, -0.25) is 0 Å². The molecule has 1 aromatic rings. The Morgan fingerprint density at radius 1 is 1.33 bits per heavy atom. The lowest BCUT2D eigenvalue weighted by Gasteiger charge is -2.15. The lowest BCUT2D eigenvalue weighted by atomic mass is 10.0. The molecule has 0 bridgehead atoms. The maximum atomic E-state index is 8.94. The van der Waals surface area contributed by atoms with Gasteiger partial charge in [-0.25, -0.2) is 0 Å². The van der Waals surface area contributed by atoms with E-state index in [2.05, 4.69) is 28.1 Å². The molecule has 0 aromatic heterocycles. The van der Waals surface area contributed by atoms with E-state index in [1.165, 1.54) is 5.56 Å². The van der Waals surface area contributed by atoms with E-state index >= 15 is 0 Å². The molecule has 2 heteroatoms. The number of aliphatic hydroxyl groups excluding tert-OH is 1. The molecule has 0 saturated carbocycles. The van der Waals surface area contributed by atoms with Crippen molar-refractivity contribution >= 4 is 15.9 Å². The predicted molar refractivity (Wildman–Crippen MR) is 54.4 cm³/mol. The summed E-state index contributed by atoms with van der Waals surface area (Å²) in [4.78, 5) is 0.253. The first-order valence-electron chi connectivity index (χ1n) is 4.05. The summed E-state index contributed by atoms with van der Waals surface area (Å²) in [5.74, 6) is 0.257. The van der Waals surface area contributed by atoms with E-state index in [4.69, 9.17) is 5.11 Å². The minimum Gasteiger partial charge on any atom is -0.396 e. The van der Waals surface area contributed by atoms with E-state index in [0.29, 0.717) is 0 Å². The van der Waals surface area contributed by atoms with Gasteiger partial charge in [0.25, 0.3) is 0 Å². The van der Waals surface area contributed by atoms with Gasteiger partial charge < -0.3 is 5.11 Å². The standard InChI is InChI=1S/C10H13BrO/c1-8(7-12)10(11)9-5-3-2-4-6-9/h2-6,8,10,12H,7H2,1H3. The van der Waals surface area contributed by atoms with Crippen molar-refractivity contribution < 1.29 is 5.11 Å². The van der Waals surface area contributed by atoms with E-state index in [9.17, 15) is 0 Å². The van der Waals surface area contributed by atoms with Crippen LogP contribution in [0, 0.1) is 5.92 Å². The van der Waals surface area contributed by atoms with Crippen LogP contribution >= 0.6 is 15.9 Å². The second-order valence-electron chi connectivity index (χ2n) is 2.97. The highest BCUT2D eigenvalue weighted by atomic mass is 79.9. The van der Waals surface area contributed by atoms with E-state index in [1.807, 2.05) is 25.1 Å². The van der Waals surface area contributed by atoms with Gasteiger partial charge in [0.05, 0.1) is 0 Å². The molecule has 12 heavy (non-hydrogen) atoms. The molecule has 66 valence electrons. The second-order valence-corrected chi connectivity index (χ2v) is 3.96. The van der Waals surface area contributed by atoms with Crippen LogP contribution < -0.4 is 0 Å². The minimum atomic E-state index is 0.213. The third-order valence-corrected chi connectivity index (χ3v) is 3.34. The molecule has 0 aliphatic carbocycles. The zero-order valence-electron chi connectivity index (χ0n) is 7.07. The van der Waals surface area contributed by atoms with E-state index in [-0.39, 0.29) is 17.4 Å². The van der Waals surface area contributed by atoms with Crippen LogP contribution in [-0.4, -0.2) is 11.7 Å². The fourth-order valence-corrected chi connectivity index (χ4v) is 1.53. The number of aliphatic hydroxyl groups is 1. The van der Waals surface area contributed by atoms with Gasteiger partial charge in [0, 0.05) is 11.4 Å². The molecule has 0 heterocycles. The van der Waals surface area contributed by atoms with Crippen LogP contribution in [0.3, 0.4) is 0 Å². The number of hydrogen-bond donors (Lipinski definition) is 1. The van der Waals surface area contributed by atoms with E-state index in [0.717, 1.165) is 0 Å². The van der Waals surface area contributed by atoms with Gasteiger partial charge in [0.2, 0.25) is 0 Å². The molecule has 1 nitrogen and oxygen atoms in total. The van der Waals surface area contributed by atoms with Gasteiger partial charge in [0.15, 0.2) is 0 Å². The summed E-state index contributed by atoms with van der Waals surface area (Å²) < 4.78 is 0. The zero-order chi connectivity index (χ0) is 8.97. The van der Waals surface area contributed by atoms with Gasteiger partial charge in [0.1, 0.15) is 0 Å². The third-order valence-electron chi connectivity index (χ3n) is 1.91. The van der Waals surface area contributed by atoms with Crippen LogP contribution in [0.4, 0.5) is 0 Å². The Balaban J connectivity index is 2.71. The topological polar surface area (TPSA) is 20.2 Å². The number of hydrogen-bond acceptors (Lipinski definition) is 1. The Bertz CT molecular complexity index is 223. The van der Waals surface area contributed by atoms with Crippen molar-refractivity contribution in [1.29, 1.82) is 0 Å². The Morgan fingerprint density at radius 3 is 2.42 bits per heavy atom. The number of alkyl halides is 1. The second kappa shape index (κ2) is 4.63. The van der Waals surface area contributed by atoms with Crippen LogP contribution in [0.5, 0.6) is 0 Å². The summed E-state index contributed by atoms with van der Waals surface area (Å²) in [5.41, 5.74) is 1.22. The first-order chi connectivity index (χ1) is 5.75. The first kappa shape index (κ1) is 9.75. The van der Waals surface area contributed by atoms with Crippen molar-refractivity contribution in [3.05, 3.63) is 35.9 Å². The van der Waals surface area contributed by atoms with Gasteiger partial charge in [-0.05, 0) is 11.5 Å².